The van der Waals surface area contributed by atoms with E-state index >= 15 is 0 Å². The van der Waals surface area contributed by atoms with E-state index in [0.717, 1.165) is 14.0 Å². The van der Waals surface area contributed by atoms with Crippen LogP contribution >= 0.6 is 0 Å². The third-order valence-corrected chi connectivity index (χ3v) is 9.80. The smallest absolute Gasteiger partial charge is 0.358 e. The highest BCUT2D eigenvalue weighted by atomic mass is 16.6. The van der Waals surface area contributed by atoms with Crippen molar-refractivity contribution in [1.82, 2.24) is 0 Å². The number of cyclic esters (lactones) is 1. The largest absolute Gasteiger partial charge is 0.504 e. The molecule has 0 aromatic carbocycles. The molecule has 1 heterocycles. The molecule has 4 aliphatic rings. The van der Waals surface area contributed by atoms with E-state index in [9.17, 15) is 34.2 Å². The maximum atomic E-state index is 14.0. The second-order valence-electron chi connectivity index (χ2n) is 11.7. The number of ketones is 3. The molecule has 0 aromatic rings. The Balaban J connectivity index is 2.04. The van der Waals surface area contributed by atoms with Crippen LogP contribution in [0.25, 0.3) is 0 Å². The minimum Gasteiger partial charge on any atom is -0.504 e. The number of ether oxygens (including phenoxy) is 2. The molecule has 1 aliphatic heterocycles. The zero-order valence-corrected chi connectivity index (χ0v) is 21.2. The fraction of sp³-hybridized carbons (Fsp3) is 0.654. The molecule has 2 N–H and O–H groups in total. The summed E-state index contributed by atoms with van der Waals surface area (Å²) in [7, 11) is 1.06. The highest BCUT2D eigenvalue weighted by Crippen LogP contribution is 2.72. The Morgan fingerprint density at radius 2 is 1.66 bits per heavy atom. The first kappa shape index (κ1) is 25.3. The van der Waals surface area contributed by atoms with E-state index < -0.39 is 68.0 Å². The second kappa shape index (κ2) is 6.69. The molecule has 0 unspecified atom stereocenters. The molecule has 3 fully saturated rings. The quantitative estimate of drug-likeness (QED) is 0.322. The summed E-state index contributed by atoms with van der Waals surface area (Å²) in [5.41, 5.74) is -10.3. The lowest BCUT2D eigenvalue weighted by molar-refractivity contribution is -0.241. The Hall–Kier alpha value is -2.81. The van der Waals surface area contributed by atoms with Crippen LogP contribution in [0.2, 0.25) is 0 Å². The number of aliphatic hydroxyl groups is 2. The molecule has 9 nitrogen and oxygen atoms in total. The Labute approximate surface area is 203 Å². The highest BCUT2D eigenvalue weighted by Gasteiger charge is 2.81. The second-order valence-corrected chi connectivity index (χ2v) is 11.7. The van der Waals surface area contributed by atoms with E-state index in [1.165, 1.54) is 13.8 Å². The number of methoxy groups -OCH3 is 1. The Morgan fingerprint density at radius 3 is 2.20 bits per heavy atom. The van der Waals surface area contributed by atoms with E-state index in [4.69, 9.17) is 9.47 Å². The average Bonchev–Trinajstić information content (AvgIpc) is 2.76. The number of hydrogen-bond acceptors (Lipinski definition) is 9. The first-order valence-corrected chi connectivity index (χ1v) is 11.6. The summed E-state index contributed by atoms with van der Waals surface area (Å²) < 4.78 is 10.1. The van der Waals surface area contributed by atoms with Crippen molar-refractivity contribution in [2.75, 3.05) is 7.11 Å². The van der Waals surface area contributed by atoms with Crippen LogP contribution in [0.3, 0.4) is 0 Å². The van der Waals surface area contributed by atoms with Gasteiger partial charge in [0.1, 0.15) is 5.78 Å². The van der Waals surface area contributed by atoms with E-state index in [2.05, 4.69) is 6.58 Å². The molecular formula is C26H32O9. The molecule has 6 atom stereocenters. The van der Waals surface area contributed by atoms with Gasteiger partial charge < -0.3 is 19.7 Å². The van der Waals surface area contributed by atoms with Gasteiger partial charge in [0.2, 0.25) is 5.78 Å². The number of aliphatic hydroxyl groups excluding tert-OH is 1. The van der Waals surface area contributed by atoms with E-state index in [1.807, 2.05) is 0 Å². The van der Waals surface area contributed by atoms with Crippen molar-refractivity contribution in [2.45, 2.75) is 72.0 Å². The molecule has 0 amide bonds. The standard InChI is InChI=1S/C26H32O9/c1-12-11-26(33)22(4)10-9-13(27)21(2,3)15(22)14(28)17(29)24(26,6)16-18(30)35-25(7,20(32)34-8)19(31)23(12,16)5/h16,28,33H,1,9-11H2,2-8H3/t16-,22-,23+,24-,25+,26-/m0/s1. The first-order chi connectivity index (χ1) is 15.8. The van der Waals surface area contributed by atoms with Crippen molar-refractivity contribution in [2.24, 2.45) is 27.6 Å². The SMILES string of the molecule is C=C1C[C@]2(O)[C@@]3(C)CCC(=O)C(C)(C)C3=C(O)C(=O)[C@]2(C)[C@H]2C(=O)O[C@@](C)(C(=O)OC)C(=O)[C@]12C. The average molecular weight is 489 g/mol. The van der Waals surface area contributed by atoms with Crippen LogP contribution in [0.5, 0.6) is 0 Å². The van der Waals surface area contributed by atoms with Gasteiger partial charge in [0, 0.05) is 17.3 Å². The van der Waals surface area contributed by atoms with Crippen molar-refractivity contribution in [3.05, 3.63) is 23.5 Å². The summed E-state index contributed by atoms with van der Waals surface area (Å²) in [5, 5.41) is 23.7. The van der Waals surface area contributed by atoms with Gasteiger partial charge in [0.05, 0.1) is 29.5 Å². The van der Waals surface area contributed by atoms with Gasteiger partial charge in [-0.25, -0.2) is 4.79 Å². The summed E-state index contributed by atoms with van der Waals surface area (Å²) in [6, 6.07) is 0. The fourth-order valence-corrected chi connectivity index (χ4v) is 7.64. The number of fused-ring (bicyclic) bond motifs is 5. The number of rotatable bonds is 1. The third kappa shape index (κ3) is 2.40. The summed E-state index contributed by atoms with van der Waals surface area (Å²) >= 11 is 0. The van der Waals surface area contributed by atoms with E-state index in [1.54, 1.807) is 20.8 Å². The molecule has 35 heavy (non-hydrogen) atoms. The Morgan fingerprint density at radius 1 is 1.09 bits per heavy atom. The first-order valence-electron chi connectivity index (χ1n) is 11.6. The molecule has 4 rings (SSSR count). The number of carbonyl (C=O) groups is 5. The zero-order valence-electron chi connectivity index (χ0n) is 21.2. The number of Topliss-reactive ketones (excluding diaryl/α,β-unsaturated/α-hetero) is 3. The van der Waals surface area contributed by atoms with Gasteiger partial charge in [-0.2, -0.15) is 0 Å². The van der Waals surface area contributed by atoms with Crippen LogP contribution in [-0.2, 0) is 33.4 Å². The molecule has 190 valence electrons. The van der Waals surface area contributed by atoms with Gasteiger partial charge in [-0.05, 0) is 53.0 Å². The maximum Gasteiger partial charge on any atom is 0.358 e. The van der Waals surface area contributed by atoms with Crippen LogP contribution in [0.1, 0.15) is 60.8 Å². The lowest BCUT2D eigenvalue weighted by Gasteiger charge is -2.68. The molecule has 9 heteroatoms. The van der Waals surface area contributed by atoms with Gasteiger partial charge in [-0.1, -0.05) is 19.1 Å². The lowest BCUT2D eigenvalue weighted by Crippen LogP contribution is -2.78. The minimum atomic E-state index is -2.27. The van der Waals surface area contributed by atoms with Crippen LogP contribution in [-0.4, -0.2) is 57.8 Å². The minimum absolute atomic E-state index is 0.0884. The maximum absolute atomic E-state index is 14.0. The third-order valence-electron chi connectivity index (χ3n) is 9.80. The number of carbonyl (C=O) groups excluding carboxylic acids is 5. The molecule has 0 spiro atoms. The van der Waals surface area contributed by atoms with Crippen LogP contribution in [0.15, 0.2) is 23.5 Å². The van der Waals surface area contributed by atoms with Gasteiger partial charge in [0.15, 0.2) is 11.5 Å². The summed E-state index contributed by atoms with van der Waals surface area (Å²) in [4.78, 5) is 66.7. The number of esters is 2. The van der Waals surface area contributed by atoms with Gasteiger partial charge >= 0.3 is 11.9 Å². The van der Waals surface area contributed by atoms with Crippen LogP contribution < -0.4 is 0 Å². The molecular weight excluding hydrogens is 456 g/mol. The molecule has 0 aromatic heterocycles. The Kier molecular flexibility index (Phi) is 4.83. The molecule has 0 bridgehead atoms. The summed E-state index contributed by atoms with van der Waals surface area (Å²) in [6.07, 6.45) is -0.0608. The van der Waals surface area contributed by atoms with Crippen molar-refractivity contribution in [3.8, 4) is 0 Å². The van der Waals surface area contributed by atoms with Gasteiger partial charge in [0.25, 0.3) is 5.60 Å². The van der Waals surface area contributed by atoms with Gasteiger partial charge in [-0.15, -0.1) is 0 Å². The van der Waals surface area contributed by atoms with Gasteiger partial charge in [-0.3, -0.25) is 19.2 Å². The molecule has 3 aliphatic carbocycles. The lowest BCUT2D eigenvalue weighted by atomic mass is 9.35. The number of allylic oxidation sites excluding steroid dienone is 1. The van der Waals surface area contributed by atoms with E-state index in [-0.39, 0.29) is 36.2 Å². The van der Waals surface area contributed by atoms with Crippen molar-refractivity contribution < 1.29 is 43.7 Å². The predicted octanol–water partition coefficient (Wildman–Crippen LogP) is 2.15. The van der Waals surface area contributed by atoms with Crippen molar-refractivity contribution in [3.63, 3.8) is 0 Å². The molecule has 0 radical (unpaired) electrons. The summed E-state index contributed by atoms with van der Waals surface area (Å²) in [5.74, 6) is -6.35. The highest BCUT2D eigenvalue weighted by molar-refractivity contribution is 6.17. The zero-order chi connectivity index (χ0) is 26.7. The number of hydrogen-bond donors (Lipinski definition) is 2. The topological polar surface area (TPSA) is 144 Å². The van der Waals surface area contributed by atoms with Crippen LogP contribution in [0, 0.1) is 27.6 Å². The summed E-state index contributed by atoms with van der Waals surface area (Å²) in [6.45, 7) is 12.8. The predicted molar refractivity (Wildman–Crippen MR) is 121 cm³/mol. The van der Waals surface area contributed by atoms with Crippen molar-refractivity contribution >= 4 is 29.3 Å². The fourth-order valence-electron chi connectivity index (χ4n) is 7.64. The molecule has 1 saturated heterocycles. The molecule has 2 saturated carbocycles. The normalized spacial score (nSPS) is 44.8. The van der Waals surface area contributed by atoms with E-state index in [0.29, 0.717) is 0 Å². The van der Waals surface area contributed by atoms with Crippen molar-refractivity contribution in [1.29, 1.82) is 0 Å². The Bertz CT molecular complexity index is 1180. The van der Waals surface area contributed by atoms with Crippen LogP contribution in [0.4, 0.5) is 0 Å². The monoisotopic (exact) mass is 488 g/mol.